The lowest BCUT2D eigenvalue weighted by atomic mass is 10.1. The molecule has 0 fully saturated rings. The lowest BCUT2D eigenvalue weighted by Crippen LogP contribution is -2.18. The smallest absolute Gasteiger partial charge is 0.283 e. The van der Waals surface area contributed by atoms with Crippen molar-refractivity contribution in [3.63, 3.8) is 0 Å². The highest BCUT2D eigenvalue weighted by Gasteiger charge is 2.15. The van der Waals surface area contributed by atoms with E-state index in [1.165, 1.54) is 11.6 Å². The van der Waals surface area contributed by atoms with E-state index >= 15 is 0 Å². The second kappa shape index (κ2) is 6.63. The first-order valence-electron chi connectivity index (χ1n) is 6.29. The molecule has 2 aromatic carbocycles. The zero-order valence-corrected chi connectivity index (χ0v) is 12.6. The second-order valence-electron chi connectivity index (χ2n) is 4.52. The predicted octanol–water partition coefficient (Wildman–Crippen LogP) is 4.21. The van der Waals surface area contributed by atoms with Gasteiger partial charge in [-0.1, -0.05) is 42.5 Å². The number of hydrogen-bond donors (Lipinski definition) is 1. The van der Waals surface area contributed by atoms with Crippen LogP contribution in [0.5, 0.6) is 0 Å². The van der Waals surface area contributed by atoms with Crippen molar-refractivity contribution in [3.8, 4) is 0 Å². The summed E-state index contributed by atoms with van der Waals surface area (Å²) in [5, 5.41) is 14.3. The minimum absolute atomic E-state index is 0.0941. The SMILES string of the molecule is C[C@H](NCc1cccc([N+](=O)[O-])c1Br)c1ccccc1. The van der Waals surface area contributed by atoms with Crippen LogP contribution in [0.4, 0.5) is 5.69 Å². The maximum Gasteiger partial charge on any atom is 0.283 e. The van der Waals surface area contributed by atoms with Gasteiger partial charge >= 0.3 is 0 Å². The third-order valence-electron chi connectivity index (χ3n) is 3.15. The van der Waals surface area contributed by atoms with Crippen LogP contribution in [-0.2, 0) is 6.54 Å². The Morgan fingerprint density at radius 2 is 1.90 bits per heavy atom. The Hall–Kier alpha value is -1.72. The van der Waals surface area contributed by atoms with Gasteiger partial charge in [0.15, 0.2) is 0 Å². The van der Waals surface area contributed by atoms with Crippen LogP contribution in [0.1, 0.15) is 24.1 Å². The first kappa shape index (κ1) is 14.7. The van der Waals surface area contributed by atoms with Gasteiger partial charge in [-0.3, -0.25) is 10.1 Å². The highest BCUT2D eigenvalue weighted by atomic mass is 79.9. The summed E-state index contributed by atoms with van der Waals surface area (Å²) < 4.78 is 0.540. The second-order valence-corrected chi connectivity index (χ2v) is 5.31. The van der Waals surface area contributed by atoms with Crippen molar-refractivity contribution >= 4 is 21.6 Å². The fourth-order valence-corrected chi connectivity index (χ4v) is 2.52. The normalized spacial score (nSPS) is 12.1. The van der Waals surface area contributed by atoms with E-state index in [-0.39, 0.29) is 16.7 Å². The van der Waals surface area contributed by atoms with Gasteiger partial charge in [0.25, 0.3) is 5.69 Å². The highest BCUT2D eigenvalue weighted by Crippen LogP contribution is 2.28. The number of nitrogens with zero attached hydrogens (tertiary/aromatic N) is 1. The van der Waals surface area contributed by atoms with Gasteiger partial charge in [-0.05, 0) is 34.0 Å². The lowest BCUT2D eigenvalue weighted by molar-refractivity contribution is -0.385. The molecular formula is C15H15BrN2O2. The van der Waals surface area contributed by atoms with E-state index < -0.39 is 0 Å². The Morgan fingerprint density at radius 1 is 1.20 bits per heavy atom. The molecule has 20 heavy (non-hydrogen) atoms. The standard InChI is InChI=1S/C15H15BrN2O2/c1-11(12-6-3-2-4-7-12)17-10-13-8-5-9-14(15(13)16)18(19)20/h2-9,11,17H,10H2,1H3/t11-/m0/s1. The number of halogens is 1. The summed E-state index contributed by atoms with van der Waals surface area (Å²) in [5.41, 5.74) is 2.16. The van der Waals surface area contributed by atoms with Gasteiger partial charge in [0.2, 0.25) is 0 Å². The summed E-state index contributed by atoms with van der Waals surface area (Å²) in [4.78, 5) is 10.5. The fraction of sp³-hybridized carbons (Fsp3) is 0.200. The molecule has 4 nitrogen and oxygen atoms in total. The maximum atomic E-state index is 10.9. The zero-order valence-electron chi connectivity index (χ0n) is 11.0. The topological polar surface area (TPSA) is 55.2 Å². The van der Waals surface area contributed by atoms with E-state index in [1.54, 1.807) is 6.07 Å². The quantitative estimate of drug-likeness (QED) is 0.658. The van der Waals surface area contributed by atoms with Crippen molar-refractivity contribution in [1.82, 2.24) is 5.32 Å². The lowest BCUT2D eigenvalue weighted by Gasteiger charge is -2.15. The summed E-state index contributed by atoms with van der Waals surface area (Å²) in [6.45, 7) is 2.64. The van der Waals surface area contributed by atoms with Crippen LogP contribution in [0.3, 0.4) is 0 Å². The van der Waals surface area contributed by atoms with Crippen LogP contribution in [0, 0.1) is 10.1 Å². The molecule has 0 radical (unpaired) electrons. The molecule has 0 unspecified atom stereocenters. The van der Waals surface area contributed by atoms with Crippen LogP contribution in [-0.4, -0.2) is 4.92 Å². The van der Waals surface area contributed by atoms with E-state index in [2.05, 4.69) is 40.3 Å². The Balaban J connectivity index is 2.08. The third-order valence-corrected chi connectivity index (χ3v) is 4.07. The minimum atomic E-state index is -0.381. The van der Waals surface area contributed by atoms with Crippen molar-refractivity contribution in [2.24, 2.45) is 0 Å². The molecule has 0 bridgehead atoms. The molecule has 0 aliphatic rings. The molecule has 0 spiro atoms. The highest BCUT2D eigenvalue weighted by molar-refractivity contribution is 9.10. The first-order valence-corrected chi connectivity index (χ1v) is 7.09. The van der Waals surface area contributed by atoms with Gasteiger partial charge in [0, 0.05) is 18.7 Å². The van der Waals surface area contributed by atoms with Crippen molar-refractivity contribution in [2.75, 3.05) is 0 Å². The molecule has 0 aliphatic carbocycles. The summed E-state index contributed by atoms with van der Waals surface area (Å²) >= 11 is 3.31. The summed E-state index contributed by atoms with van der Waals surface area (Å²) in [5.74, 6) is 0. The molecule has 0 aromatic heterocycles. The number of benzene rings is 2. The largest absolute Gasteiger partial charge is 0.306 e. The Bertz CT molecular complexity index is 602. The minimum Gasteiger partial charge on any atom is -0.306 e. The van der Waals surface area contributed by atoms with Crippen molar-refractivity contribution in [1.29, 1.82) is 0 Å². The molecule has 0 saturated carbocycles. The molecule has 2 rings (SSSR count). The molecule has 2 aromatic rings. The molecule has 1 atom stereocenters. The number of rotatable bonds is 5. The molecule has 0 heterocycles. The Morgan fingerprint density at radius 3 is 2.55 bits per heavy atom. The summed E-state index contributed by atoms with van der Waals surface area (Å²) in [6.07, 6.45) is 0. The van der Waals surface area contributed by atoms with E-state index in [9.17, 15) is 10.1 Å². The van der Waals surface area contributed by atoms with E-state index in [4.69, 9.17) is 0 Å². The van der Waals surface area contributed by atoms with E-state index in [0.717, 1.165) is 5.56 Å². The monoisotopic (exact) mass is 334 g/mol. The average Bonchev–Trinajstić information content (AvgIpc) is 2.46. The fourth-order valence-electron chi connectivity index (χ4n) is 1.97. The maximum absolute atomic E-state index is 10.9. The van der Waals surface area contributed by atoms with Gasteiger partial charge < -0.3 is 5.32 Å². The number of hydrogen-bond acceptors (Lipinski definition) is 3. The first-order chi connectivity index (χ1) is 9.59. The van der Waals surface area contributed by atoms with Gasteiger partial charge in [0.1, 0.15) is 0 Å². The number of nitro groups is 1. The molecule has 0 amide bonds. The van der Waals surface area contributed by atoms with Gasteiger partial charge in [-0.2, -0.15) is 0 Å². The summed E-state index contributed by atoms with van der Waals surface area (Å²) in [6, 6.07) is 15.3. The third kappa shape index (κ3) is 3.43. The van der Waals surface area contributed by atoms with Crippen LogP contribution in [0.25, 0.3) is 0 Å². The Kier molecular flexibility index (Phi) is 4.87. The predicted molar refractivity (Wildman–Crippen MR) is 82.5 cm³/mol. The van der Waals surface area contributed by atoms with Crippen molar-refractivity contribution < 1.29 is 4.92 Å². The average molecular weight is 335 g/mol. The van der Waals surface area contributed by atoms with Crippen LogP contribution in [0.2, 0.25) is 0 Å². The van der Waals surface area contributed by atoms with Crippen molar-refractivity contribution in [3.05, 3.63) is 74.2 Å². The van der Waals surface area contributed by atoms with Crippen LogP contribution in [0.15, 0.2) is 53.0 Å². The van der Waals surface area contributed by atoms with Crippen LogP contribution < -0.4 is 5.32 Å². The van der Waals surface area contributed by atoms with E-state index in [1.807, 2.05) is 24.3 Å². The number of nitrogens with one attached hydrogen (secondary N) is 1. The van der Waals surface area contributed by atoms with Gasteiger partial charge in [-0.25, -0.2) is 0 Å². The zero-order chi connectivity index (χ0) is 14.5. The molecule has 104 valence electrons. The molecule has 1 N–H and O–H groups in total. The van der Waals surface area contributed by atoms with Gasteiger partial charge in [-0.15, -0.1) is 0 Å². The number of nitro benzene ring substituents is 1. The molecule has 5 heteroatoms. The summed E-state index contributed by atoms with van der Waals surface area (Å²) in [7, 11) is 0. The molecular weight excluding hydrogens is 320 g/mol. The van der Waals surface area contributed by atoms with Crippen LogP contribution >= 0.6 is 15.9 Å². The van der Waals surface area contributed by atoms with Gasteiger partial charge in [0.05, 0.1) is 9.40 Å². The Labute approximate surface area is 126 Å². The van der Waals surface area contributed by atoms with E-state index in [0.29, 0.717) is 11.0 Å². The van der Waals surface area contributed by atoms with Crippen molar-refractivity contribution in [2.45, 2.75) is 19.5 Å². The molecule has 0 saturated heterocycles. The molecule has 0 aliphatic heterocycles.